The largest absolute Gasteiger partial charge is 0.416 e. The highest BCUT2D eigenvalue weighted by atomic mass is 19.4. The Morgan fingerprint density at radius 1 is 1.14 bits per heavy atom. The molecule has 0 atom stereocenters. The Morgan fingerprint density at radius 2 is 1.83 bits per heavy atom. The average molecular weight is 402 g/mol. The summed E-state index contributed by atoms with van der Waals surface area (Å²) in [5.41, 5.74) is 3.12. The van der Waals surface area contributed by atoms with E-state index in [2.05, 4.69) is 9.98 Å². The Hall–Kier alpha value is -3.16. The summed E-state index contributed by atoms with van der Waals surface area (Å²) in [6.45, 7) is 1.91. The van der Waals surface area contributed by atoms with Gasteiger partial charge in [0.2, 0.25) is 0 Å². The molecule has 152 valence electrons. The molecule has 0 saturated carbocycles. The molecule has 0 aliphatic carbocycles. The SMILES string of the molecule is Cc1nccc(N(C)C)c1CC1=CC(=O)CN(c2ccc(C(F)(F)F)cc2)C=N1. The number of carbonyl (C=O) groups is 1. The van der Waals surface area contributed by atoms with Crippen molar-refractivity contribution in [3.05, 3.63) is 65.1 Å². The number of carbonyl (C=O) groups excluding carboxylic acids is 1. The molecule has 0 amide bonds. The second-order valence-electron chi connectivity index (χ2n) is 6.98. The van der Waals surface area contributed by atoms with Gasteiger partial charge in [-0.2, -0.15) is 13.2 Å². The molecule has 3 rings (SSSR count). The molecule has 29 heavy (non-hydrogen) atoms. The van der Waals surface area contributed by atoms with Crippen molar-refractivity contribution in [2.45, 2.75) is 19.5 Å². The van der Waals surface area contributed by atoms with Crippen LogP contribution in [0.2, 0.25) is 0 Å². The van der Waals surface area contributed by atoms with Gasteiger partial charge in [-0.15, -0.1) is 0 Å². The number of hydrogen-bond acceptors (Lipinski definition) is 5. The van der Waals surface area contributed by atoms with Crippen molar-refractivity contribution >= 4 is 23.5 Å². The molecule has 0 spiro atoms. The number of anilines is 2. The van der Waals surface area contributed by atoms with Gasteiger partial charge in [-0.1, -0.05) is 0 Å². The number of nitrogens with zero attached hydrogens (tertiary/aromatic N) is 4. The summed E-state index contributed by atoms with van der Waals surface area (Å²) >= 11 is 0. The predicted octanol–water partition coefficient (Wildman–Crippen LogP) is 4.02. The summed E-state index contributed by atoms with van der Waals surface area (Å²) < 4.78 is 38.3. The molecule has 0 unspecified atom stereocenters. The van der Waals surface area contributed by atoms with E-state index in [0.29, 0.717) is 17.8 Å². The van der Waals surface area contributed by atoms with Crippen LogP contribution in [-0.4, -0.2) is 37.7 Å². The number of aliphatic imine (C=N–C) groups is 1. The molecule has 0 bridgehead atoms. The third kappa shape index (κ3) is 4.82. The zero-order valence-corrected chi connectivity index (χ0v) is 16.4. The number of aryl methyl sites for hydroxylation is 1. The van der Waals surface area contributed by atoms with Crippen LogP contribution >= 0.6 is 0 Å². The summed E-state index contributed by atoms with van der Waals surface area (Å²) in [4.78, 5) is 24.6. The maximum absolute atomic E-state index is 12.8. The molecule has 0 saturated heterocycles. The van der Waals surface area contributed by atoms with Crippen molar-refractivity contribution in [2.24, 2.45) is 4.99 Å². The van der Waals surface area contributed by atoms with Crippen molar-refractivity contribution < 1.29 is 18.0 Å². The quantitative estimate of drug-likeness (QED) is 0.775. The Kier molecular flexibility index (Phi) is 5.72. The molecule has 0 N–H and O–H groups in total. The Bertz CT molecular complexity index is 963. The van der Waals surface area contributed by atoms with Gasteiger partial charge in [-0.25, -0.2) is 4.99 Å². The van der Waals surface area contributed by atoms with Crippen molar-refractivity contribution in [2.75, 3.05) is 30.4 Å². The lowest BCUT2D eigenvalue weighted by atomic mass is 10.0. The minimum absolute atomic E-state index is 0.00488. The molecule has 1 aliphatic rings. The Balaban J connectivity index is 1.84. The second kappa shape index (κ2) is 8.06. The van der Waals surface area contributed by atoms with Crippen molar-refractivity contribution in [3.8, 4) is 0 Å². The first-order valence-electron chi connectivity index (χ1n) is 8.98. The summed E-state index contributed by atoms with van der Waals surface area (Å²) in [7, 11) is 3.86. The number of allylic oxidation sites excluding steroid dienone is 1. The predicted molar refractivity (Wildman–Crippen MR) is 107 cm³/mol. The number of ketones is 1. The number of pyridine rings is 1. The molecule has 0 radical (unpaired) electrons. The molecule has 2 aromatic rings. The third-order valence-electron chi connectivity index (χ3n) is 4.63. The van der Waals surface area contributed by atoms with Crippen LogP contribution in [0.1, 0.15) is 16.8 Å². The Morgan fingerprint density at radius 3 is 2.45 bits per heavy atom. The van der Waals surface area contributed by atoms with Crippen LogP contribution in [0.5, 0.6) is 0 Å². The maximum atomic E-state index is 12.8. The summed E-state index contributed by atoms with van der Waals surface area (Å²) in [5, 5.41) is 0. The van der Waals surface area contributed by atoms with Gasteiger partial charge in [0.25, 0.3) is 0 Å². The van der Waals surface area contributed by atoms with Gasteiger partial charge in [0, 0.05) is 55.4 Å². The molecular formula is C21H21F3N4O. The van der Waals surface area contributed by atoms with E-state index in [4.69, 9.17) is 0 Å². The first-order valence-corrected chi connectivity index (χ1v) is 8.98. The molecule has 2 heterocycles. The average Bonchev–Trinajstić information content (AvgIpc) is 2.83. The normalized spacial score (nSPS) is 14.6. The molecular weight excluding hydrogens is 381 g/mol. The second-order valence-corrected chi connectivity index (χ2v) is 6.98. The molecule has 1 aromatic heterocycles. The molecule has 0 fully saturated rings. The highest BCUT2D eigenvalue weighted by Crippen LogP contribution is 2.30. The van der Waals surface area contributed by atoms with Crippen LogP contribution in [0, 0.1) is 6.92 Å². The van der Waals surface area contributed by atoms with Gasteiger partial charge in [0.05, 0.1) is 24.1 Å². The van der Waals surface area contributed by atoms with Crippen LogP contribution in [-0.2, 0) is 17.4 Å². The van der Waals surface area contributed by atoms with Crippen molar-refractivity contribution in [1.82, 2.24) is 4.98 Å². The van der Waals surface area contributed by atoms with Crippen LogP contribution in [0.15, 0.2) is 53.3 Å². The summed E-state index contributed by atoms with van der Waals surface area (Å²) in [5.74, 6) is -0.176. The number of alkyl halides is 3. The van der Waals surface area contributed by atoms with Gasteiger partial charge in [-0.3, -0.25) is 9.78 Å². The van der Waals surface area contributed by atoms with E-state index in [9.17, 15) is 18.0 Å². The van der Waals surface area contributed by atoms with Crippen molar-refractivity contribution in [3.63, 3.8) is 0 Å². The van der Waals surface area contributed by atoms with Gasteiger partial charge in [0.1, 0.15) is 0 Å². The minimum Gasteiger partial charge on any atom is -0.377 e. The lowest BCUT2D eigenvalue weighted by Crippen LogP contribution is -2.26. The zero-order valence-electron chi connectivity index (χ0n) is 16.4. The van der Waals surface area contributed by atoms with Gasteiger partial charge in [0.15, 0.2) is 5.78 Å². The number of rotatable bonds is 4. The highest BCUT2D eigenvalue weighted by Gasteiger charge is 2.30. The molecule has 8 heteroatoms. The van der Waals surface area contributed by atoms with E-state index in [0.717, 1.165) is 29.1 Å². The fraction of sp³-hybridized carbons (Fsp3) is 0.286. The van der Waals surface area contributed by atoms with E-state index in [1.807, 2.05) is 32.0 Å². The maximum Gasteiger partial charge on any atom is 0.416 e. The molecule has 5 nitrogen and oxygen atoms in total. The van der Waals surface area contributed by atoms with E-state index in [-0.39, 0.29) is 12.3 Å². The lowest BCUT2D eigenvalue weighted by molar-refractivity contribution is -0.137. The topological polar surface area (TPSA) is 48.8 Å². The van der Waals surface area contributed by atoms with Crippen LogP contribution in [0.25, 0.3) is 0 Å². The summed E-state index contributed by atoms with van der Waals surface area (Å²) in [6, 6.07) is 6.56. The standard InChI is InChI=1S/C21H21F3N4O/c1-14-19(20(27(2)3)8-9-25-14)11-16-10-18(29)12-28(13-26-16)17-6-4-15(5-7-17)21(22,23)24/h4-10,13H,11-12H2,1-3H3. The summed E-state index contributed by atoms with van der Waals surface area (Å²) in [6.07, 6.45) is 0.723. The fourth-order valence-corrected chi connectivity index (χ4v) is 3.12. The number of hydrogen-bond donors (Lipinski definition) is 0. The van der Waals surface area contributed by atoms with E-state index < -0.39 is 11.7 Å². The first-order chi connectivity index (χ1) is 13.6. The van der Waals surface area contributed by atoms with E-state index >= 15 is 0 Å². The van der Waals surface area contributed by atoms with Crippen molar-refractivity contribution in [1.29, 1.82) is 0 Å². The van der Waals surface area contributed by atoms with E-state index in [1.54, 1.807) is 6.20 Å². The van der Waals surface area contributed by atoms with Crippen LogP contribution < -0.4 is 9.80 Å². The van der Waals surface area contributed by atoms with E-state index in [1.165, 1.54) is 29.4 Å². The fourth-order valence-electron chi connectivity index (χ4n) is 3.12. The number of aromatic nitrogens is 1. The van der Waals surface area contributed by atoms with Gasteiger partial charge in [-0.05, 0) is 37.3 Å². The monoisotopic (exact) mass is 402 g/mol. The van der Waals surface area contributed by atoms with Crippen LogP contribution in [0.3, 0.4) is 0 Å². The minimum atomic E-state index is -4.40. The molecule has 1 aliphatic heterocycles. The van der Waals surface area contributed by atoms with Gasteiger partial charge < -0.3 is 9.80 Å². The third-order valence-corrected chi connectivity index (χ3v) is 4.63. The lowest BCUT2D eigenvalue weighted by Gasteiger charge is -2.19. The zero-order chi connectivity index (χ0) is 21.2. The first kappa shape index (κ1) is 20.6. The molecule has 1 aromatic carbocycles. The van der Waals surface area contributed by atoms with Crippen LogP contribution in [0.4, 0.5) is 24.5 Å². The number of benzene rings is 1. The smallest absolute Gasteiger partial charge is 0.377 e. The number of halogens is 3. The highest BCUT2D eigenvalue weighted by molar-refractivity contribution is 6.00. The Labute approximate surface area is 167 Å². The van der Waals surface area contributed by atoms with Gasteiger partial charge >= 0.3 is 6.18 Å².